The van der Waals surface area contributed by atoms with Crippen molar-refractivity contribution < 1.29 is 14.1 Å². The number of rotatable bonds is 6. The van der Waals surface area contributed by atoms with E-state index in [1.165, 1.54) is 29.0 Å². The minimum atomic E-state index is -0.798. The van der Waals surface area contributed by atoms with Crippen LogP contribution in [0.5, 0.6) is 11.5 Å². The van der Waals surface area contributed by atoms with Crippen molar-refractivity contribution in [2.75, 3.05) is 13.1 Å². The molecule has 3 heterocycles. The first-order valence-corrected chi connectivity index (χ1v) is 14.0. The molecule has 0 amide bonds. The number of nitrogens with zero attached hydrogens (tertiary/aromatic N) is 4. The van der Waals surface area contributed by atoms with Crippen molar-refractivity contribution in [3.63, 3.8) is 0 Å². The number of pyridine rings is 1. The Balaban J connectivity index is 0.00000100. The highest BCUT2D eigenvalue weighted by molar-refractivity contribution is 7.22. The van der Waals surface area contributed by atoms with E-state index < -0.39 is 10.7 Å². The predicted octanol–water partition coefficient (Wildman–Crippen LogP) is 8.23. The number of nitro benzene ring substituents is 1. The Morgan fingerprint density at radius 3 is 2.38 bits per heavy atom. The number of nitriles is 1. The van der Waals surface area contributed by atoms with Gasteiger partial charge in [-0.25, -0.2) is 9.65 Å². The van der Waals surface area contributed by atoms with Gasteiger partial charge in [0.25, 0.3) is 12.4 Å². The van der Waals surface area contributed by atoms with Gasteiger partial charge in [-0.15, -0.1) is 11.3 Å². The zero-order valence-electron chi connectivity index (χ0n) is 22.7. The molecule has 1 fully saturated rings. The molecule has 1 saturated heterocycles. The van der Waals surface area contributed by atoms with E-state index in [0.29, 0.717) is 5.75 Å². The van der Waals surface area contributed by atoms with Crippen molar-refractivity contribution in [1.82, 2.24) is 9.88 Å². The van der Waals surface area contributed by atoms with Crippen LogP contribution < -0.4 is 4.74 Å². The Morgan fingerprint density at radius 2 is 1.77 bits per heavy atom. The number of halogens is 1. The van der Waals surface area contributed by atoms with Crippen LogP contribution in [-0.2, 0) is 6.54 Å². The molecule has 1 aliphatic rings. The summed E-state index contributed by atoms with van der Waals surface area (Å²) < 4.78 is 20.9. The fourth-order valence-electron chi connectivity index (χ4n) is 4.19. The molecule has 0 aliphatic carbocycles. The van der Waals surface area contributed by atoms with E-state index in [1.807, 2.05) is 33.8 Å². The van der Waals surface area contributed by atoms with E-state index in [1.54, 1.807) is 12.3 Å². The molecule has 4 aromatic rings. The average Bonchev–Trinajstić information content (AvgIpc) is 3.42. The van der Waals surface area contributed by atoms with E-state index >= 15 is 0 Å². The molecular formula is C29H32BFN4O3S. The Morgan fingerprint density at radius 1 is 1.08 bits per heavy atom. The molecule has 0 unspecified atom stereocenters. The molecule has 7 nitrogen and oxygen atoms in total. The molecular weight excluding hydrogens is 514 g/mol. The molecule has 10 heteroatoms. The van der Waals surface area contributed by atoms with Gasteiger partial charge >= 0.3 is 0 Å². The lowest BCUT2D eigenvalue weighted by Gasteiger charge is -2.27. The first kappa shape index (κ1) is 29.7. The van der Waals surface area contributed by atoms with Crippen molar-refractivity contribution in [2.24, 2.45) is 0 Å². The summed E-state index contributed by atoms with van der Waals surface area (Å²) in [6.07, 6.45) is 3.45. The molecule has 202 valence electrons. The fourth-order valence-corrected chi connectivity index (χ4v) is 5.27. The van der Waals surface area contributed by atoms with Crippen molar-refractivity contribution in [3.05, 3.63) is 82.3 Å². The molecule has 0 N–H and O–H groups in total. The second-order valence-electron chi connectivity index (χ2n) is 8.48. The number of hydrogen-bond acceptors (Lipinski definition) is 7. The molecule has 1 aliphatic heterocycles. The third-order valence-electron chi connectivity index (χ3n) is 6.14. The minimum absolute atomic E-state index is 0.0822. The van der Waals surface area contributed by atoms with Gasteiger partial charge in [0, 0.05) is 35.7 Å². The largest absolute Gasteiger partial charge is 0.453 e. The number of ether oxygens (including phenoxy) is 1. The average molecular weight is 546 g/mol. The summed E-state index contributed by atoms with van der Waals surface area (Å²) in [6.45, 7) is 10.9. The van der Waals surface area contributed by atoms with E-state index in [2.05, 4.69) is 40.1 Å². The topological polar surface area (TPSA) is 92.3 Å². The number of benzene rings is 2. The summed E-state index contributed by atoms with van der Waals surface area (Å²) in [6, 6.07) is 15.3. The Labute approximate surface area is 233 Å². The zero-order valence-corrected chi connectivity index (χ0v) is 23.5. The zero-order chi connectivity index (χ0) is 28.4. The quantitative estimate of drug-likeness (QED) is 0.137. The summed E-state index contributed by atoms with van der Waals surface area (Å²) >= 11 is 1.50. The third kappa shape index (κ3) is 7.40. The van der Waals surface area contributed by atoms with Gasteiger partial charge in [-0.1, -0.05) is 52.0 Å². The lowest BCUT2D eigenvalue weighted by molar-refractivity contribution is -0.385. The molecule has 2 aromatic heterocycles. The van der Waals surface area contributed by atoms with Crippen LogP contribution in [0.1, 0.15) is 33.3 Å². The van der Waals surface area contributed by atoms with Crippen LogP contribution >= 0.6 is 11.3 Å². The van der Waals surface area contributed by atoms with Gasteiger partial charge in [0.2, 0.25) is 0 Å². The molecule has 0 atom stereocenters. The van der Waals surface area contributed by atoms with Crippen LogP contribution in [0.15, 0.2) is 60.8 Å². The summed E-state index contributed by atoms with van der Waals surface area (Å²) in [5, 5.41) is 19.9. The minimum Gasteiger partial charge on any atom is -0.453 e. The van der Waals surface area contributed by atoms with Crippen LogP contribution in [0.25, 0.3) is 20.7 Å². The van der Waals surface area contributed by atoms with Gasteiger partial charge in [0.1, 0.15) is 5.75 Å². The smallest absolute Gasteiger partial charge is 0.272 e. The van der Waals surface area contributed by atoms with Gasteiger partial charge in [-0.2, -0.15) is 0 Å². The van der Waals surface area contributed by atoms with Gasteiger partial charge in [-0.3, -0.25) is 15.1 Å². The van der Waals surface area contributed by atoms with Gasteiger partial charge in [0.05, 0.1) is 21.2 Å². The van der Waals surface area contributed by atoms with E-state index in [0.717, 1.165) is 59.0 Å². The van der Waals surface area contributed by atoms with Crippen molar-refractivity contribution >= 4 is 34.0 Å². The lowest BCUT2D eigenvalue weighted by Crippen LogP contribution is -2.35. The van der Waals surface area contributed by atoms with Crippen LogP contribution in [0.3, 0.4) is 0 Å². The third-order valence-corrected chi connectivity index (χ3v) is 7.32. The maximum atomic E-state index is 14.4. The number of thiophene rings is 1. The number of fused-ring (bicyclic) bond motifs is 1. The molecule has 5 rings (SSSR count). The molecule has 2 aromatic carbocycles. The highest BCUT2D eigenvalue weighted by atomic mass is 32.1. The predicted molar refractivity (Wildman–Crippen MR) is 157 cm³/mol. The van der Waals surface area contributed by atoms with Crippen molar-refractivity contribution in [1.29, 1.82) is 5.26 Å². The summed E-state index contributed by atoms with van der Waals surface area (Å²) in [5.74, 6) is 1.93. The molecule has 39 heavy (non-hydrogen) atoms. The maximum Gasteiger partial charge on any atom is 0.272 e. The fraction of sp³-hybridized carbons (Fsp3) is 0.310. The SMILES string of the molecule is CC.CC.N#CB1CCN(Cc2ccc(-c3cc4nccc(Oc5ccc([N+](=O)[O-])cc5F)c4s3)cc2)CC1. The first-order chi connectivity index (χ1) is 19.0. The maximum absolute atomic E-state index is 14.4. The number of aromatic nitrogens is 1. The van der Waals surface area contributed by atoms with E-state index in [-0.39, 0.29) is 18.1 Å². The summed E-state index contributed by atoms with van der Waals surface area (Å²) in [5.41, 5.74) is 2.67. The second kappa shape index (κ2) is 14.4. The van der Waals surface area contributed by atoms with Crippen LogP contribution in [0.2, 0.25) is 12.6 Å². The number of non-ortho nitro benzene ring substituents is 1. The van der Waals surface area contributed by atoms with Crippen LogP contribution in [-0.4, -0.2) is 34.6 Å². The summed E-state index contributed by atoms with van der Waals surface area (Å²) in [4.78, 5) is 18.0. The normalized spacial score (nSPS) is 13.0. The molecule has 0 bridgehead atoms. The van der Waals surface area contributed by atoms with Gasteiger partial charge in [0.15, 0.2) is 11.6 Å². The van der Waals surface area contributed by atoms with E-state index in [4.69, 9.17) is 10.00 Å². The number of hydrogen-bond donors (Lipinski definition) is 0. The highest BCUT2D eigenvalue weighted by Crippen LogP contribution is 2.40. The Bertz CT molecular complexity index is 1430. The second-order valence-corrected chi connectivity index (χ2v) is 9.54. The van der Waals surface area contributed by atoms with Crippen molar-refractivity contribution in [3.8, 4) is 27.9 Å². The molecule has 0 radical (unpaired) electrons. The Hall–Kier alpha value is -3.81. The van der Waals surface area contributed by atoms with Crippen LogP contribution in [0, 0.1) is 27.2 Å². The Kier molecular flexibility index (Phi) is 11.0. The number of nitro groups is 1. The molecule has 0 saturated carbocycles. The van der Waals surface area contributed by atoms with Gasteiger partial charge in [-0.05, 0) is 49.0 Å². The monoisotopic (exact) mass is 546 g/mol. The van der Waals surface area contributed by atoms with Crippen molar-refractivity contribution in [2.45, 2.75) is 46.9 Å². The highest BCUT2D eigenvalue weighted by Gasteiger charge is 2.22. The first-order valence-electron chi connectivity index (χ1n) is 13.2. The summed E-state index contributed by atoms with van der Waals surface area (Å²) in [7, 11) is 0. The lowest BCUT2D eigenvalue weighted by atomic mass is 9.45. The molecule has 0 spiro atoms. The van der Waals surface area contributed by atoms with Gasteiger partial charge < -0.3 is 9.64 Å². The van der Waals surface area contributed by atoms with Crippen LogP contribution in [0.4, 0.5) is 10.1 Å². The van der Waals surface area contributed by atoms with E-state index in [9.17, 15) is 14.5 Å². The standard InChI is InChI=1S/C25H20BFN4O3S.2C2H6/c27-20-13-19(31(32)33)5-6-22(20)34-23-7-10-29-21-14-24(35-25(21)23)18-3-1-17(2-4-18)15-30-11-8-26(16-28)9-12-30;2*1-2/h1-7,10,13-14H,8-9,11-12,15H2;2*1-2H3.